The number of rotatable bonds is 4. The van der Waals surface area contributed by atoms with Gasteiger partial charge in [0.05, 0.1) is 4.47 Å². The molecule has 0 aromatic heterocycles. The standard InChI is InChI=1S/C16H15BrFN/c17-15-3-1-2-14(16(15)18)12-6-4-11(5-7-12)10-19-13-8-9-13/h1-7,13,19H,8-10H2. The van der Waals surface area contributed by atoms with Crippen LogP contribution in [0.25, 0.3) is 11.1 Å². The Kier molecular flexibility index (Phi) is 3.67. The van der Waals surface area contributed by atoms with E-state index in [1.807, 2.05) is 18.2 Å². The lowest BCUT2D eigenvalue weighted by Crippen LogP contribution is -2.15. The first-order chi connectivity index (χ1) is 9.24. The van der Waals surface area contributed by atoms with Gasteiger partial charge in [-0.3, -0.25) is 0 Å². The third kappa shape index (κ3) is 3.04. The minimum Gasteiger partial charge on any atom is -0.310 e. The van der Waals surface area contributed by atoms with Crippen LogP contribution in [0.4, 0.5) is 4.39 Å². The molecule has 3 heteroatoms. The average Bonchev–Trinajstić information content (AvgIpc) is 3.25. The molecule has 1 N–H and O–H groups in total. The van der Waals surface area contributed by atoms with Gasteiger partial charge in [0.15, 0.2) is 0 Å². The zero-order chi connectivity index (χ0) is 13.2. The topological polar surface area (TPSA) is 12.0 Å². The van der Waals surface area contributed by atoms with Crippen LogP contribution in [-0.2, 0) is 6.54 Å². The lowest BCUT2D eigenvalue weighted by atomic mass is 10.0. The molecule has 0 spiro atoms. The fourth-order valence-electron chi connectivity index (χ4n) is 2.08. The normalized spacial score (nSPS) is 14.6. The molecule has 0 amide bonds. The number of hydrogen-bond donors (Lipinski definition) is 1. The highest BCUT2D eigenvalue weighted by Gasteiger charge is 2.19. The monoisotopic (exact) mass is 319 g/mol. The molecular formula is C16H15BrFN. The van der Waals surface area contributed by atoms with E-state index >= 15 is 0 Å². The summed E-state index contributed by atoms with van der Waals surface area (Å²) in [6, 6.07) is 14.2. The van der Waals surface area contributed by atoms with Gasteiger partial charge in [-0.25, -0.2) is 4.39 Å². The SMILES string of the molecule is Fc1c(Br)cccc1-c1ccc(CNC2CC2)cc1. The Hall–Kier alpha value is -1.19. The Morgan fingerprint density at radius 2 is 1.84 bits per heavy atom. The third-order valence-corrected chi connectivity index (χ3v) is 4.00. The van der Waals surface area contributed by atoms with Crippen LogP contribution in [-0.4, -0.2) is 6.04 Å². The smallest absolute Gasteiger partial charge is 0.145 e. The zero-order valence-corrected chi connectivity index (χ0v) is 12.1. The Bertz CT molecular complexity index is 576. The highest BCUT2D eigenvalue weighted by Crippen LogP contribution is 2.28. The summed E-state index contributed by atoms with van der Waals surface area (Å²) in [6.45, 7) is 0.895. The predicted octanol–water partition coefficient (Wildman–Crippen LogP) is 4.51. The van der Waals surface area contributed by atoms with E-state index in [9.17, 15) is 4.39 Å². The highest BCUT2D eigenvalue weighted by molar-refractivity contribution is 9.10. The molecule has 2 aromatic rings. The lowest BCUT2D eigenvalue weighted by molar-refractivity contribution is 0.624. The summed E-state index contributed by atoms with van der Waals surface area (Å²) in [5, 5.41) is 3.47. The van der Waals surface area contributed by atoms with Crippen molar-refractivity contribution in [1.29, 1.82) is 0 Å². The Labute approximate surface area is 121 Å². The van der Waals surface area contributed by atoms with Crippen molar-refractivity contribution in [1.82, 2.24) is 5.32 Å². The van der Waals surface area contributed by atoms with Gasteiger partial charge in [-0.05, 0) is 46.0 Å². The minimum absolute atomic E-state index is 0.202. The van der Waals surface area contributed by atoms with E-state index in [0.29, 0.717) is 16.1 Å². The van der Waals surface area contributed by atoms with Gasteiger partial charge in [0, 0.05) is 18.2 Å². The van der Waals surface area contributed by atoms with E-state index in [-0.39, 0.29) is 5.82 Å². The molecule has 0 heterocycles. The molecule has 0 saturated heterocycles. The number of hydrogen-bond acceptors (Lipinski definition) is 1. The van der Waals surface area contributed by atoms with Gasteiger partial charge in [0.1, 0.15) is 5.82 Å². The van der Waals surface area contributed by atoms with Gasteiger partial charge in [0.25, 0.3) is 0 Å². The maximum absolute atomic E-state index is 14.0. The number of halogens is 2. The van der Waals surface area contributed by atoms with Crippen LogP contribution < -0.4 is 5.32 Å². The van der Waals surface area contributed by atoms with Crippen LogP contribution in [0.1, 0.15) is 18.4 Å². The molecule has 1 aliphatic rings. The minimum atomic E-state index is -0.202. The first kappa shape index (κ1) is 12.8. The van der Waals surface area contributed by atoms with Crippen molar-refractivity contribution in [3.63, 3.8) is 0 Å². The van der Waals surface area contributed by atoms with Gasteiger partial charge in [-0.1, -0.05) is 36.4 Å². The van der Waals surface area contributed by atoms with Crippen molar-refractivity contribution in [3.05, 3.63) is 58.3 Å². The second-order valence-electron chi connectivity index (χ2n) is 4.95. The van der Waals surface area contributed by atoms with Crippen molar-refractivity contribution in [2.45, 2.75) is 25.4 Å². The molecule has 0 bridgehead atoms. The van der Waals surface area contributed by atoms with Crippen LogP contribution in [0.5, 0.6) is 0 Å². The largest absolute Gasteiger partial charge is 0.310 e. The van der Waals surface area contributed by atoms with Crippen molar-refractivity contribution in [2.24, 2.45) is 0 Å². The first-order valence-electron chi connectivity index (χ1n) is 6.51. The van der Waals surface area contributed by atoms with Gasteiger partial charge < -0.3 is 5.32 Å². The van der Waals surface area contributed by atoms with Crippen molar-refractivity contribution in [2.75, 3.05) is 0 Å². The fourth-order valence-corrected chi connectivity index (χ4v) is 2.44. The maximum Gasteiger partial charge on any atom is 0.145 e. The van der Waals surface area contributed by atoms with E-state index in [0.717, 1.165) is 12.1 Å². The van der Waals surface area contributed by atoms with Crippen LogP contribution in [0.3, 0.4) is 0 Å². The van der Waals surface area contributed by atoms with E-state index in [1.54, 1.807) is 12.1 Å². The fraction of sp³-hybridized carbons (Fsp3) is 0.250. The molecule has 0 atom stereocenters. The maximum atomic E-state index is 14.0. The van der Waals surface area contributed by atoms with Crippen LogP contribution in [0, 0.1) is 5.82 Å². The molecule has 1 nitrogen and oxygen atoms in total. The summed E-state index contributed by atoms with van der Waals surface area (Å²) >= 11 is 3.22. The molecule has 0 aliphatic heterocycles. The Morgan fingerprint density at radius 3 is 2.53 bits per heavy atom. The molecule has 19 heavy (non-hydrogen) atoms. The van der Waals surface area contributed by atoms with Gasteiger partial charge in [0.2, 0.25) is 0 Å². The number of nitrogens with one attached hydrogen (secondary N) is 1. The summed E-state index contributed by atoms with van der Waals surface area (Å²) in [5.74, 6) is -0.202. The zero-order valence-electron chi connectivity index (χ0n) is 10.5. The molecule has 3 rings (SSSR count). The number of benzene rings is 2. The molecular weight excluding hydrogens is 305 g/mol. The second kappa shape index (κ2) is 5.43. The molecule has 1 saturated carbocycles. The molecule has 98 valence electrons. The summed E-state index contributed by atoms with van der Waals surface area (Å²) < 4.78 is 14.5. The average molecular weight is 320 g/mol. The molecule has 1 fully saturated rings. The van der Waals surface area contributed by atoms with Gasteiger partial charge >= 0.3 is 0 Å². The summed E-state index contributed by atoms with van der Waals surface area (Å²) in [6.07, 6.45) is 2.59. The molecule has 0 unspecified atom stereocenters. The van der Waals surface area contributed by atoms with E-state index in [4.69, 9.17) is 0 Å². The molecule has 2 aromatic carbocycles. The quantitative estimate of drug-likeness (QED) is 0.874. The second-order valence-corrected chi connectivity index (χ2v) is 5.81. The predicted molar refractivity (Wildman–Crippen MR) is 79.4 cm³/mol. The van der Waals surface area contributed by atoms with Crippen molar-refractivity contribution in [3.8, 4) is 11.1 Å². The van der Waals surface area contributed by atoms with Crippen molar-refractivity contribution < 1.29 is 4.39 Å². The third-order valence-electron chi connectivity index (χ3n) is 3.39. The van der Waals surface area contributed by atoms with Crippen LogP contribution in [0.15, 0.2) is 46.9 Å². The van der Waals surface area contributed by atoms with Crippen LogP contribution in [0.2, 0.25) is 0 Å². The van der Waals surface area contributed by atoms with Crippen LogP contribution >= 0.6 is 15.9 Å². The molecule has 1 aliphatic carbocycles. The Morgan fingerprint density at radius 1 is 1.11 bits per heavy atom. The summed E-state index contributed by atoms with van der Waals surface area (Å²) in [7, 11) is 0. The van der Waals surface area contributed by atoms with E-state index < -0.39 is 0 Å². The van der Waals surface area contributed by atoms with Gasteiger partial charge in [-0.15, -0.1) is 0 Å². The first-order valence-corrected chi connectivity index (χ1v) is 7.30. The lowest BCUT2D eigenvalue weighted by Gasteiger charge is -2.07. The summed E-state index contributed by atoms with van der Waals surface area (Å²) in [4.78, 5) is 0. The van der Waals surface area contributed by atoms with E-state index in [2.05, 4.69) is 33.4 Å². The van der Waals surface area contributed by atoms with Crippen molar-refractivity contribution >= 4 is 15.9 Å². The van der Waals surface area contributed by atoms with Gasteiger partial charge in [-0.2, -0.15) is 0 Å². The highest BCUT2D eigenvalue weighted by atomic mass is 79.9. The van der Waals surface area contributed by atoms with E-state index in [1.165, 1.54) is 18.4 Å². The Balaban J connectivity index is 1.79. The molecule has 0 radical (unpaired) electrons. The summed E-state index contributed by atoms with van der Waals surface area (Å²) in [5.41, 5.74) is 2.79.